The number of nitrogens with zero attached hydrogens (tertiary/aromatic N) is 3. The van der Waals surface area contributed by atoms with Crippen molar-refractivity contribution < 1.29 is 24.2 Å². The summed E-state index contributed by atoms with van der Waals surface area (Å²) in [6.45, 7) is 6.64. The molecule has 9 nitrogen and oxygen atoms in total. The molecule has 0 unspecified atom stereocenters. The fourth-order valence-corrected chi connectivity index (χ4v) is 2.59. The van der Waals surface area contributed by atoms with Crippen molar-refractivity contribution in [3.8, 4) is 5.88 Å². The van der Waals surface area contributed by atoms with Gasteiger partial charge in [-0.25, -0.2) is 14.6 Å². The molecule has 1 aliphatic heterocycles. The summed E-state index contributed by atoms with van der Waals surface area (Å²) in [7, 11) is 1.49. The van der Waals surface area contributed by atoms with E-state index in [1.807, 2.05) is 20.8 Å². The molecule has 2 heterocycles. The number of nitrogens with one attached hydrogen (secondary N) is 1. The van der Waals surface area contributed by atoms with Gasteiger partial charge in [-0.2, -0.15) is 4.98 Å². The molecule has 9 heteroatoms. The molecule has 0 radical (unpaired) electrons. The molecular weight excluding hydrogens is 352 g/mol. The molecule has 0 atom stereocenters. The van der Waals surface area contributed by atoms with E-state index in [4.69, 9.17) is 14.6 Å². The number of piperidine rings is 1. The van der Waals surface area contributed by atoms with Gasteiger partial charge in [0.1, 0.15) is 11.3 Å². The van der Waals surface area contributed by atoms with E-state index in [1.54, 1.807) is 4.90 Å². The molecular formula is C18H26N4O5. The maximum Gasteiger partial charge on any atom is 0.410 e. The fourth-order valence-electron chi connectivity index (χ4n) is 2.59. The third-order valence-corrected chi connectivity index (χ3v) is 3.86. The van der Waals surface area contributed by atoms with Gasteiger partial charge in [0.05, 0.1) is 13.3 Å². The maximum atomic E-state index is 12.1. The van der Waals surface area contributed by atoms with Gasteiger partial charge < -0.3 is 24.8 Å². The van der Waals surface area contributed by atoms with Gasteiger partial charge in [-0.05, 0) is 39.7 Å². The minimum absolute atomic E-state index is 0.0714. The van der Waals surface area contributed by atoms with E-state index in [9.17, 15) is 9.59 Å². The Morgan fingerprint density at radius 3 is 2.56 bits per heavy atom. The van der Waals surface area contributed by atoms with Crippen molar-refractivity contribution in [2.24, 2.45) is 0 Å². The molecule has 148 valence electrons. The number of hydrogen-bond donors (Lipinski definition) is 2. The van der Waals surface area contributed by atoms with E-state index in [0.29, 0.717) is 43.3 Å². The number of carbonyl (C=O) groups excluding carboxylic acids is 1. The van der Waals surface area contributed by atoms with Crippen LogP contribution in [0.2, 0.25) is 0 Å². The number of carbonyl (C=O) groups is 2. The Labute approximate surface area is 158 Å². The summed E-state index contributed by atoms with van der Waals surface area (Å²) in [5.41, 5.74) is -0.110. The van der Waals surface area contributed by atoms with Crippen LogP contribution < -0.4 is 10.1 Å². The zero-order valence-electron chi connectivity index (χ0n) is 16.1. The monoisotopic (exact) mass is 378 g/mol. The standard InChI is InChI=1S/C18H26N4O5/c1-18(2,3)27-17(25)22-9-7-12(8-10-22)20-16-13(5-6-15(23)24)19-11-14(21-16)26-4/h5-6,11-12H,7-10H2,1-4H3,(H,20,21)(H,23,24)/b6-5+. The average molecular weight is 378 g/mol. The first-order valence-electron chi connectivity index (χ1n) is 8.74. The second-order valence-corrected chi connectivity index (χ2v) is 7.20. The van der Waals surface area contributed by atoms with Crippen LogP contribution in [0.15, 0.2) is 12.3 Å². The van der Waals surface area contributed by atoms with Crippen molar-refractivity contribution in [3.63, 3.8) is 0 Å². The third-order valence-electron chi connectivity index (χ3n) is 3.86. The lowest BCUT2D eigenvalue weighted by Crippen LogP contribution is -2.44. The molecule has 0 aromatic carbocycles. The highest BCUT2D eigenvalue weighted by molar-refractivity contribution is 5.86. The fraction of sp³-hybridized carbons (Fsp3) is 0.556. The number of rotatable bonds is 5. The van der Waals surface area contributed by atoms with Crippen LogP contribution in [0.25, 0.3) is 6.08 Å². The lowest BCUT2D eigenvalue weighted by molar-refractivity contribution is -0.131. The van der Waals surface area contributed by atoms with E-state index >= 15 is 0 Å². The van der Waals surface area contributed by atoms with Crippen molar-refractivity contribution in [2.45, 2.75) is 45.3 Å². The number of aromatic nitrogens is 2. The van der Waals surface area contributed by atoms with Crippen LogP contribution in [0.5, 0.6) is 5.88 Å². The van der Waals surface area contributed by atoms with Crippen LogP contribution >= 0.6 is 0 Å². The Morgan fingerprint density at radius 1 is 1.33 bits per heavy atom. The first kappa shape index (κ1) is 20.5. The highest BCUT2D eigenvalue weighted by Crippen LogP contribution is 2.22. The molecule has 0 spiro atoms. The number of ether oxygens (including phenoxy) is 2. The van der Waals surface area contributed by atoms with Gasteiger partial charge in [0, 0.05) is 25.2 Å². The maximum absolute atomic E-state index is 12.1. The van der Waals surface area contributed by atoms with Crippen LogP contribution in [0.4, 0.5) is 10.6 Å². The largest absolute Gasteiger partial charge is 0.480 e. The Kier molecular flexibility index (Phi) is 6.59. The summed E-state index contributed by atoms with van der Waals surface area (Å²) < 4.78 is 10.5. The topological polar surface area (TPSA) is 114 Å². The minimum atomic E-state index is -1.07. The lowest BCUT2D eigenvalue weighted by Gasteiger charge is -2.34. The number of aliphatic carboxylic acids is 1. The van der Waals surface area contributed by atoms with Gasteiger partial charge in [0.25, 0.3) is 0 Å². The average Bonchev–Trinajstić information content (AvgIpc) is 2.59. The van der Waals surface area contributed by atoms with E-state index < -0.39 is 11.6 Å². The van der Waals surface area contributed by atoms with Crippen LogP contribution in [-0.4, -0.2) is 63.9 Å². The summed E-state index contributed by atoms with van der Waals surface area (Å²) in [6.07, 6.45) is 4.92. The molecule has 2 rings (SSSR count). The smallest absolute Gasteiger partial charge is 0.410 e. The zero-order valence-corrected chi connectivity index (χ0v) is 16.1. The molecule has 0 bridgehead atoms. The van der Waals surface area contributed by atoms with E-state index in [0.717, 1.165) is 6.08 Å². The lowest BCUT2D eigenvalue weighted by atomic mass is 10.1. The number of methoxy groups -OCH3 is 1. The Balaban J connectivity index is 2.02. The van der Waals surface area contributed by atoms with Crippen molar-refractivity contribution in [1.29, 1.82) is 0 Å². The number of hydrogen-bond acceptors (Lipinski definition) is 7. The predicted octanol–water partition coefficient (Wildman–Crippen LogP) is 2.39. The van der Waals surface area contributed by atoms with E-state index in [2.05, 4.69) is 15.3 Å². The van der Waals surface area contributed by atoms with Gasteiger partial charge in [0.2, 0.25) is 5.88 Å². The van der Waals surface area contributed by atoms with E-state index in [-0.39, 0.29) is 12.1 Å². The number of anilines is 1. The van der Waals surface area contributed by atoms with Crippen molar-refractivity contribution in [2.75, 3.05) is 25.5 Å². The summed E-state index contributed by atoms with van der Waals surface area (Å²) in [6, 6.07) is 0.0714. The molecule has 1 amide bonds. The highest BCUT2D eigenvalue weighted by atomic mass is 16.6. The second kappa shape index (κ2) is 8.70. The van der Waals surface area contributed by atoms with Gasteiger partial charge in [-0.15, -0.1) is 0 Å². The molecule has 27 heavy (non-hydrogen) atoms. The summed E-state index contributed by atoms with van der Waals surface area (Å²) >= 11 is 0. The predicted molar refractivity (Wildman–Crippen MR) is 99.7 cm³/mol. The summed E-state index contributed by atoms with van der Waals surface area (Å²) in [4.78, 5) is 33.1. The Hall–Kier alpha value is -2.84. The molecule has 2 N–H and O–H groups in total. The van der Waals surface area contributed by atoms with Gasteiger partial charge in [-0.3, -0.25) is 0 Å². The van der Waals surface area contributed by atoms with E-state index in [1.165, 1.54) is 19.4 Å². The first-order valence-corrected chi connectivity index (χ1v) is 8.74. The number of carboxylic acids is 1. The van der Waals surface area contributed by atoms with Gasteiger partial charge >= 0.3 is 12.1 Å². The molecule has 0 saturated carbocycles. The molecule has 1 fully saturated rings. The Bertz CT molecular complexity index is 706. The van der Waals surface area contributed by atoms with Gasteiger partial charge in [-0.1, -0.05) is 0 Å². The molecule has 1 aromatic heterocycles. The number of likely N-dealkylation sites (tertiary alicyclic amines) is 1. The highest BCUT2D eigenvalue weighted by Gasteiger charge is 2.27. The van der Waals surface area contributed by atoms with Crippen LogP contribution in [0, 0.1) is 0 Å². The second-order valence-electron chi connectivity index (χ2n) is 7.20. The van der Waals surface area contributed by atoms with Gasteiger partial charge in [0.15, 0.2) is 5.82 Å². The van der Waals surface area contributed by atoms with Crippen molar-refractivity contribution >= 4 is 24.0 Å². The summed E-state index contributed by atoms with van der Waals surface area (Å²) in [5, 5.41) is 12.1. The quantitative estimate of drug-likeness (QED) is 0.751. The summed E-state index contributed by atoms with van der Waals surface area (Å²) in [5.74, 6) is -0.289. The number of carboxylic acid groups (broad SMARTS) is 1. The molecule has 0 aliphatic carbocycles. The molecule has 1 saturated heterocycles. The minimum Gasteiger partial charge on any atom is -0.480 e. The van der Waals surface area contributed by atoms with Crippen molar-refractivity contribution in [3.05, 3.63) is 18.0 Å². The van der Waals surface area contributed by atoms with Crippen LogP contribution in [0.1, 0.15) is 39.3 Å². The molecule has 1 aliphatic rings. The Morgan fingerprint density at radius 2 is 2.00 bits per heavy atom. The zero-order chi connectivity index (χ0) is 20.0. The SMILES string of the molecule is COc1cnc(/C=C/C(=O)O)c(NC2CCN(C(=O)OC(C)(C)C)CC2)n1. The normalized spacial score (nSPS) is 15.6. The molecule has 1 aromatic rings. The van der Waals surface area contributed by atoms with Crippen LogP contribution in [0.3, 0.4) is 0 Å². The third kappa shape index (κ3) is 6.43. The number of amides is 1. The first-order chi connectivity index (χ1) is 12.7. The van der Waals surface area contributed by atoms with Crippen LogP contribution in [-0.2, 0) is 9.53 Å². The van der Waals surface area contributed by atoms with Crippen molar-refractivity contribution in [1.82, 2.24) is 14.9 Å².